The number of unbranched alkanes of at least 4 members (excludes halogenated alkanes) is 1. The first-order valence-corrected chi connectivity index (χ1v) is 8.68. The summed E-state index contributed by atoms with van der Waals surface area (Å²) < 4.78 is 26.3. The van der Waals surface area contributed by atoms with Crippen molar-refractivity contribution in [1.82, 2.24) is 4.31 Å². The molecule has 0 saturated heterocycles. The van der Waals surface area contributed by atoms with Crippen LogP contribution < -0.4 is 5.73 Å². The van der Waals surface area contributed by atoms with Crippen LogP contribution in [-0.4, -0.2) is 32.9 Å². The first-order valence-electron chi connectivity index (χ1n) is 6.49. The molecule has 0 atom stereocenters. The van der Waals surface area contributed by atoms with Gasteiger partial charge in [0.15, 0.2) is 0 Å². The number of hydrogen-bond acceptors (Lipinski definition) is 3. The molecule has 0 spiro atoms. The first kappa shape index (κ1) is 18.3. The van der Waals surface area contributed by atoms with E-state index >= 15 is 0 Å². The van der Waals surface area contributed by atoms with E-state index in [9.17, 15) is 8.42 Å². The summed E-state index contributed by atoms with van der Waals surface area (Å²) in [4.78, 5) is -0.0808. The third kappa shape index (κ3) is 4.60. The van der Waals surface area contributed by atoms with Crippen LogP contribution in [0, 0.1) is 11.8 Å². The van der Waals surface area contributed by atoms with Crippen LogP contribution in [0.4, 0.5) is 0 Å². The Morgan fingerprint density at radius 3 is 2.33 bits per heavy atom. The lowest BCUT2D eigenvalue weighted by Crippen LogP contribution is -2.28. The maximum Gasteiger partial charge on any atom is 0.245 e. The summed E-state index contributed by atoms with van der Waals surface area (Å²) in [5.74, 6) is 5.44. The number of nitrogens with zero attached hydrogens (tertiary/aromatic N) is 1. The van der Waals surface area contributed by atoms with Gasteiger partial charge in [0.05, 0.1) is 16.6 Å². The summed E-state index contributed by atoms with van der Waals surface area (Å²) in [5, 5.41) is 0.124. The zero-order valence-corrected chi connectivity index (χ0v) is 14.3. The van der Waals surface area contributed by atoms with Crippen LogP contribution in [0.2, 0.25) is 10.0 Å². The van der Waals surface area contributed by atoms with Crippen LogP contribution in [0.5, 0.6) is 0 Å². The molecule has 0 aliphatic carbocycles. The third-order valence-corrected chi connectivity index (χ3v) is 5.61. The highest BCUT2D eigenvalue weighted by atomic mass is 35.5. The standard InChI is InChI=1S/C14H18Cl2N2O2S/c1-3-4-8-18(2)21(19,20)14-12(15)9-11(6-5-7-17)10-13(14)16/h9-10H,3-4,7-8,17H2,1-2H3. The van der Waals surface area contributed by atoms with Crippen molar-refractivity contribution in [3.63, 3.8) is 0 Å². The lowest BCUT2D eigenvalue weighted by Gasteiger charge is -2.18. The number of hydrogen-bond donors (Lipinski definition) is 1. The van der Waals surface area contributed by atoms with Gasteiger partial charge in [-0.15, -0.1) is 0 Å². The molecule has 0 saturated carbocycles. The second-order valence-electron chi connectivity index (χ2n) is 4.46. The van der Waals surface area contributed by atoms with E-state index in [1.807, 2.05) is 6.92 Å². The van der Waals surface area contributed by atoms with Gasteiger partial charge in [0.25, 0.3) is 0 Å². The smallest absolute Gasteiger partial charge is 0.245 e. The van der Waals surface area contributed by atoms with Crippen molar-refractivity contribution in [2.75, 3.05) is 20.1 Å². The summed E-state index contributed by atoms with van der Waals surface area (Å²) >= 11 is 12.2. The largest absolute Gasteiger partial charge is 0.320 e. The van der Waals surface area contributed by atoms with Crippen molar-refractivity contribution in [1.29, 1.82) is 0 Å². The maximum atomic E-state index is 12.5. The van der Waals surface area contributed by atoms with Gasteiger partial charge in [0.2, 0.25) is 10.0 Å². The molecule has 4 nitrogen and oxygen atoms in total. The van der Waals surface area contributed by atoms with Crippen molar-refractivity contribution in [3.05, 3.63) is 27.7 Å². The van der Waals surface area contributed by atoms with Crippen molar-refractivity contribution >= 4 is 33.2 Å². The zero-order chi connectivity index (χ0) is 16.0. The van der Waals surface area contributed by atoms with Crippen LogP contribution in [0.1, 0.15) is 25.3 Å². The SMILES string of the molecule is CCCCN(C)S(=O)(=O)c1c(Cl)cc(C#CCN)cc1Cl. The van der Waals surface area contributed by atoms with E-state index in [-0.39, 0.29) is 21.5 Å². The van der Waals surface area contributed by atoms with Gasteiger partial charge in [-0.1, -0.05) is 48.4 Å². The molecule has 0 fully saturated rings. The van der Waals surface area contributed by atoms with Crippen LogP contribution in [0.15, 0.2) is 17.0 Å². The molecule has 7 heteroatoms. The number of benzene rings is 1. The zero-order valence-electron chi connectivity index (χ0n) is 12.0. The number of rotatable bonds is 5. The van der Waals surface area contributed by atoms with E-state index in [0.29, 0.717) is 12.1 Å². The molecular weight excluding hydrogens is 331 g/mol. The molecule has 2 N–H and O–H groups in total. The fourth-order valence-corrected chi connectivity index (χ4v) is 4.05. The number of sulfonamides is 1. The van der Waals surface area contributed by atoms with Gasteiger partial charge in [-0.2, -0.15) is 0 Å². The topological polar surface area (TPSA) is 63.4 Å². The van der Waals surface area contributed by atoms with E-state index < -0.39 is 10.0 Å². The van der Waals surface area contributed by atoms with Crippen LogP contribution in [0.3, 0.4) is 0 Å². The van der Waals surface area contributed by atoms with Gasteiger partial charge in [-0.05, 0) is 18.6 Å². The van der Waals surface area contributed by atoms with Crippen molar-refractivity contribution in [2.45, 2.75) is 24.7 Å². The Hall–Kier alpha value is -0.770. The van der Waals surface area contributed by atoms with Crippen LogP contribution in [0.25, 0.3) is 0 Å². The Balaban J connectivity index is 3.24. The fourth-order valence-electron chi connectivity index (χ4n) is 1.69. The van der Waals surface area contributed by atoms with Gasteiger partial charge in [-0.3, -0.25) is 0 Å². The Kier molecular flexibility index (Phi) is 6.98. The molecule has 116 valence electrons. The Labute approximate surface area is 136 Å². The predicted octanol–water partition coefficient (Wildman–Crippen LogP) is 2.72. The summed E-state index contributed by atoms with van der Waals surface area (Å²) in [6.07, 6.45) is 1.67. The summed E-state index contributed by atoms with van der Waals surface area (Å²) in [5.41, 5.74) is 5.83. The molecular formula is C14H18Cl2N2O2S. The maximum absolute atomic E-state index is 12.5. The monoisotopic (exact) mass is 348 g/mol. The lowest BCUT2D eigenvalue weighted by molar-refractivity contribution is 0.459. The highest BCUT2D eigenvalue weighted by molar-refractivity contribution is 7.89. The number of halogens is 2. The molecule has 1 rings (SSSR count). The van der Waals surface area contributed by atoms with Gasteiger partial charge < -0.3 is 5.73 Å². The average Bonchev–Trinajstić information content (AvgIpc) is 2.41. The van der Waals surface area contributed by atoms with Crippen molar-refractivity contribution < 1.29 is 8.42 Å². The minimum absolute atomic E-state index is 0.0622. The minimum Gasteiger partial charge on any atom is -0.320 e. The van der Waals surface area contributed by atoms with Gasteiger partial charge >= 0.3 is 0 Å². The first-order chi connectivity index (χ1) is 9.84. The highest BCUT2D eigenvalue weighted by Crippen LogP contribution is 2.32. The molecule has 0 unspecified atom stereocenters. The molecule has 1 aromatic rings. The van der Waals surface area contributed by atoms with Crippen molar-refractivity contribution in [2.24, 2.45) is 5.73 Å². The molecule has 0 aromatic heterocycles. The minimum atomic E-state index is -3.71. The van der Waals surface area contributed by atoms with E-state index in [1.54, 1.807) is 0 Å². The van der Waals surface area contributed by atoms with E-state index in [2.05, 4.69) is 11.8 Å². The lowest BCUT2D eigenvalue weighted by atomic mass is 10.2. The van der Waals surface area contributed by atoms with Gasteiger partial charge in [0, 0.05) is 19.2 Å². The van der Waals surface area contributed by atoms with Crippen LogP contribution >= 0.6 is 23.2 Å². The molecule has 0 aliphatic heterocycles. The molecule has 0 radical (unpaired) electrons. The molecule has 21 heavy (non-hydrogen) atoms. The molecule has 0 amide bonds. The predicted molar refractivity (Wildman–Crippen MR) is 87.1 cm³/mol. The average molecular weight is 349 g/mol. The number of nitrogens with two attached hydrogens (primary N) is 1. The van der Waals surface area contributed by atoms with Gasteiger partial charge in [0.1, 0.15) is 4.90 Å². The normalized spacial score (nSPS) is 11.3. The Morgan fingerprint density at radius 2 is 1.86 bits per heavy atom. The molecule has 0 bridgehead atoms. The molecule has 0 heterocycles. The highest BCUT2D eigenvalue weighted by Gasteiger charge is 2.26. The van der Waals surface area contributed by atoms with E-state index in [1.165, 1.54) is 23.5 Å². The van der Waals surface area contributed by atoms with E-state index in [0.717, 1.165) is 12.8 Å². The third-order valence-electron chi connectivity index (χ3n) is 2.83. The summed E-state index contributed by atoms with van der Waals surface area (Å²) in [6.45, 7) is 2.61. The van der Waals surface area contributed by atoms with E-state index in [4.69, 9.17) is 28.9 Å². The fraction of sp³-hybridized carbons (Fsp3) is 0.429. The van der Waals surface area contributed by atoms with Crippen LogP contribution in [-0.2, 0) is 10.0 Å². The Morgan fingerprint density at radius 1 is 1.29 bits per heavy atom. The Bertz CT molecular complexity index is 640. The second kappa shape index (κ2) is 8.02. The molecule has 0 aliphatic rings. The van der Waals surface area contributed by atoms with Gasteiger partial charge in [-0.25, -0.2) is 12.7 Å². The summed E-state index contributed by atoms with van der Waals surface area (Å²) in [7, 11) is -2.20. The quantitative estimate of drug-likeness (QED) is 0.832. The molecule has 1 aromatic carbocycles. The van der Waals surface area contributed by atoms with Crippen molar-refractivity contribution in [3.8, 4) is 11.8 Å². The summed E-state index contributed by atoms with van der Waals surface area (Å²) in [6, 6.07) is 2.97. The second-order valence-corrected chi connectivity index (χ2v) is 7.25.